The van der Waals surface area contributed by atoms with Crippen molar-refractivity contribution in [1.29, 1.82) is 0 Å². The van der Waals surface area contributed by atoms with Crippen LogP contribution in [0.2, 0.25) is 5.02 Å². The molecule has 1 aliphatic rings. The van der Waals surface area contributed by atoms with Gasteiger partial charge in [-0.25, -0.2) is 4.98 Å². The van der Waals surface area contributed by atoms with Crippen molar-refractivity contribution in [2.75, 3.05) is 26.2 Å². The normalized spacial score (nSPS) is 14.5. The first-order valence-electron chi connectivity index (χ1n) is 11.2. The number of rotatable bonds is 4. The molecule has 33 heavy (non-hydrogen) atoms. The SMILES string of the molecule is Cc1c(Cl)ccc2c(C(=O)N3CCN(Cc4ccccc4)CC3)cc(-c3ccccn3)nc12. The van der Waals surface area contributed by atoms with Gasteiger partial charge in [0.05, 0.1) is 22.5 Å². The average Bonchev–Trinajstić information content (AvgIpc) is 2.87. The molecule has 1 amide bonds. The summed E-state index contributed by atoms with van der Waals surface area (Å²) < 4.78 is 0. The van der Waals surface area contributed by atoms with Gasteiger partial charge in [0.1, 0.15) is 0 Å². The molecule has 0 atom stereocenters. The van der Waals surface area contributed by atoms with Gasteiger partial charge in [-0.15, -0.1) is 0 Å². The van der Waals surface area contributed by atoms with Gasteiger partial charge < -0.3 is 4.90 Å². The number of pyridine rings is 2. The van der Waals surface area contributed by atoms with E-state index >= 15 is 0 Å². The molecule has 5 nitrogen and oxygen atoms in total. The molecule has 4 aromatic rings. The minimum Gasteiger partial charge on any atom is -0.336 e. The predicted molar refractivity (Wildman–Crippen MR) is 132 cm³/mol. The molecule has 1 aliphatic heterocycles. The third-order valence-corrected chi connectivity index (χ3v) is 6.64. The molecule has 0 saturated carbocycles. The van der Waals surface area contributed by atoms with E-state index in [1.165, 1.54) is 5.56 Å². The summed E-state index contributed by atoms with van der Waals surface area (Å²) in [5.74, 6) is 0.0284. The molecule has 0 unspecified atom stereocenters. The molecule has 0 radical (unpaired) electrons. The van der Waals surface area contributed by atoms with E-state index in [-0.39, 0.29) is 5.91 Å². The van der Waals surface area contributed by atoms with Gasteiger partial charge in [0.15, 0.2) is 0 Å². The number of carbonyl (C=O) groups excluding carboxylic acids is 1. The molecule has 2 aromatic heterocycles. The smallest absolute Gasteiger partial charge is 0.254 e. The number of carbonyl (C=O) groups is 1. The second kappa shape index (κ2) is 9.30. The van der Waals surface area contributed by atoms with Gasteiger partial charge in [-0.2, -0.15) is 0 Å². The molecule has 0 N–H and O–H groups in total. The Morgan fingerprint density at radius 2 is 1.70 bits per heavy atom. The van der Waals surface area contributed by atoms with E-state index in [1.807, 2.05) is 54.3 Å². The number of amides is 1. The summed E-state index contributed by atoms with van der Waals surface area (Å²) in [5, 5.41) is 1.47. The highest BCUT2D eigenvalue weighted by atomic mass is 35.5. The monoisotopic (exact) mass is 456 g/mol. The highest BCUT2D eigenvalue weighted by molar-refractivity contribution is 6.32. The van der Waals surface area contributed by atoms with Crippen LogP contribution in [0.1, 0.15) is 21.5 Å². The van der Waals surface area contributed by atoms with Crippen LogP contribution in [0, 0.1) is 6.92 Å². The summed E-state index contributed by atoms with van der Waals surface area (Å²) >= 11 is 6.39. The lowest BCUT2D eigenvalue weighted by atomic mass is 10.0. The zero-order chi connectivity index (χ0) is 22.8. The number of fused-ring (bicyclic) bond motifs is 1. The first kappa shape index (κ1) is 21.6. The molecule has 0 bridgehead atoms. The van der Waals surface area contributed by atoms with Crippen molar-refractivity contribution < 1.29 is 4.79 Å². The van der Waals surface area contributed by atoms with E-state index < -0.39 is 0 Å². The van der Waals surface area contributed by atoms with Crippen molar-refractivity contribution in [1.82, 2.24) is 19.8 Å². The first-order chi connectivity index (χ1) is 16.1. The van der Waals surface area contributed by atoms with Crippen LogP contribution < -0.4 is 0 Å². The molecule has 2 aromatic carbocycles. The van der Waals surface area contributed by atoms with E-state index in [1.54, 1.807) is 6.20 Å². The van der Waals surface area contributed by atoms with Crippen LogP contribution in [-0.4, -0.2) is 51.9 Å². The van der Waals surface area contributed by atoms with E-state index in [0.717, 1.165) is 41.8 Å². The lowest BCUT2D eigenvalue weighted by Gasteiger charge is -2.35. The summed E-state index contributed by atoms with van der Waals surface area (Å²) in [4.78, 5) is 27.3. The Morgan fingerprint density at radius 3 is 2.42 bits per heavy atom. The second-order valence-corrected chi connectivity index (χ2v) is 8.80. The molecule has 1 saturated heterocycles. The molecular formula is C27H25ClN4O. The fourth-order valence-electron chi connectivity index (χ4n) is 4.35. The number of benzene rings is 2. The van der Waals surface area contributed by atoms with Gasteiger partial charge in [0, 0.05) is 49.3 Å². The van der Waals surface area contributed by atoms with Crippen molar-refractivity contribution in [3.05, 3.63) is 94.6 Å². The Kier molecular flexibility index (Phi) is 6.07. The van der Waals surface area contributed by atoms with Crippen LogP contribution in [0.25, 0.3) is 22.3 Å². The lowest BCUT2D eigenvalue weighted by molar-refractivity contribution is 0.0630. The van der Waals surface area contributed by atoms with E-state index in [0.29, 0.717) is 29.4 Å². The lowest BCUT2D eigenvalue weighted by Crippen LogP contribution is -2.48. The predicted octanol–water partition coefficient (Wildman–Crippen LogP) is 5.22. The van der Waals surface area contributed by atoms with Crippen LogP contribution in [0.5, 0.6) is 0 Å². The fourth-order valence-corrected chi connectivity index (χ4v) is 4.50. The molecule has 1 fully saturated rings. The number of hydrogen-bond acceptors (Lipinski definition) is 4. The third kappa shape index (κ3) is 4.47. The maximum Gasteiger partial charge on any atom is 0.254 e. The largest absolute Gasteiger partial charge is 0.336 e. The van der Waals surface area contributed by atoms with Crippen LogP contribution in [0.3, 0.4) is 0 Å². The highest BCUT2D eigenvalue weighted by Gasteiger charge is 2.25. The molecule has 5 rings (SSSR count). The van der Waals surface area contributed by atoms with Gasteiger partial charge in [-0.3, -0.25) is 14.7 Å². The number of hydrogen-bond donors (Lipinski definition) is 0. The minimum atomic E-state index is 0.0284. The number of piperazine rings is 1. The summed E-state index contributed by atoms with van der Waals surface area (Å²) in [6.07, 6.45) is 1.74. The molecular weight excluding hydrogens is 432 g/mol. The molecule has 0 aliphatic carbocycles. The summed E-state index contributed by atoms with van der Waals surface area (Å²) in [6, 6.07) is 21.8. The van der Waals surface area contributed by atoms with Crippen LogP contribution in [0.4, 0.5) is 0 Å². The summed E-state index contributed by atoms with van der Waals surface area (Å²) in [7, 11) is 0. The van der Waals surface area contributed by atoms with Gasteiger partial charge in [0.2, 0.25) is 0 Å². The van der Waals surface area contributed by atoms with Crippen molar-refractivity contribution in [2.45, 2.75) is 13.5 Å². The molecule has 6 heteroatoms. The zero-order valence-corrected chi connectivity index (χ0v) is 19.3. The fraction of sp³-hybridized carbons (Fsp3) is 0.222. The van der Waals surface area contributed by atoms with Crippen LogP contribution in [-0.2, 0) is 6.54 Å². The Morgan fingerprint density at radius 1 is 0.939 bits per heavy atom. The number of nitrogens with zero attached hydrogens (tertiary/aromatic N) is 4. The third-order valence-electron chi connectivity index (χ3n) is 6.23. The molecule has 3 heterocycles. The van der Waals surface area contributed by atoms with Crippen LogP contribution in [0.15, 0.2) is 72.9 Å². The van der Waals surface area contributed by atoms with Gasteiger partial charge >= 0.3 is 0 Å². The first-order valence-corrected chi connectivity index (χ1v) is 11.5. The topological polar surface area (TPSA) is 49.3 Å². The summed E-state index contributed by atoms with van der Waals surface area (Å²) in [6.45, 7) is 5.93. The Labute approximate surface area is 198 Å². The van der Waals surface area contributed by atoms with E-state index in [2.05, 4.69) is 34.1 Å². The maximum atomic E-state index is 13.7. The van der Waals surface area contributed by atoms with Crippen LogP contribution >= 0.6 is 11.6 Å². The van der Waals surface area contributed by atoms with Crippen molar-refractivity contribution in [3.63, 3.8) is 0 Å². The number of halogens is 1. The Bertz CT molecular complexity index is 1290. The standard InChI is InChI=1S/C27H25ClN4O/c1-19-23(28)11-10-21-22(17-25(30-26(19)21)24-9-5-6-12-29-24)27(33)32-15-13-31(14-16-32)18-20-7-3-2-4-8-20/h2-12,17H,13-16,18H2,1H3. The van der Waals surface area contributed by atoms with E-state index in [9.17, 15) is 4.79 Å². The van der Waals surface area contributed by atoms with Crippen molar-refractivity contribution in [2.24, 2.45) is 0 Å². The van der Waals surface area contributed by atoms with Crippen molar-refractivity contribution in [3.8, 4) is 11.4 Å². The number of aryl methyl sites for hydroxylation is 1. The zero-order valence-electron chi connectivity index (χ0n) is 18.5. The highest BCUT2D eigenvalue weighted by Crippen LogP contribution is 2.30. The Hall–Kier alpha value is -3.28. The van der Waals surface area contributed by atoms with E-state index in [4.69, 9.17) is 16.6 Å². The molecule has 0 spiro atoms. The maximum absolute atomic E-state index is 13.7. The minimum absolute atomic E-state index is 0.0284. The van der Waals surface area contributed by atoms with Gasteiger partial charge in [-0.05, 0) is 42.3 Å². The van der Waals surface area contributed by atoms with Gasteiger partial charge in [0.25, 0.3) is 5.91 Å². The quantitative estimate of drug-likeness (QED) is 0.422. The van der Waals surface area contributed by atoms with Crippen molar-refractivity contribution >= 4 is 28.4 Å². The van der Waals surface area contributed by atoms with Gasteiger partial charge in [-0.1, -0.05) is 54.1 Å². The Balaban J connectivity index is 1.44. The number of aromatic nitrogens is 2. The molecule has 166 valence electrons. The summed E-state index contributed by atoms with van der Waals surface area (Å²) in [5.41, 5.74) is 4.98. The second-order valence-electron chi connectivity index (χ2n) is 8.39. The average molecular weight is 457 g/mol.